The Morgan fingerprint density at radius 1 is 1.04 bits per heavy atom. The maximum absolute atomic E-state index is 12.8. The van der Waals surface area contributed by atoms with Crippen LogP contribution >= 0.6 is 0 Å². The molecule has 6 nitrogen and oxygen atoms in total. The summed E-state index contributed by atoms with van der Waals surface area (Å²) in [6.07, 6.45) is 4.31. The zero-order valence-corrected chi connectivity index (χ0v) is 15.4. The molecule has 0 atom stereocenters. The van der Waals surface area contributed by atoms with Gasteiger partial charge in [0.2, 0.25) is 10.0 Å². The highest BCUT2D eigenvalue weighted by Crippen LogP contribution is 2.33. The van der Waals surface area contributed by atoms with Gasteiger partial charge in [-0.1, -0.05) is 0 Å². The van der Waals surface area contributed by atoms with Gasteiger partial charge in [-0.05, 0) is 57.3 Å². The van der Waals surface area contributed by atoms with E-state index in [0.717, 1.165) is 32.0 Å². The van der Waals surface area contributed by atoms with E-state index in [9.17, 15) is 8.42 Å². The zero-order valence-electron chi connectivity index (χ0n) is 14.5. The van der Waals surface area contributed by atoms with Crippen LogP contribution in [0.2, 0.25) is 0 Å². The second kappa shape index (κ2) is 6.90. The molecule has 1 saturated carbocycles. The van der Waals surface area contributed by atoms with E-state index in [1.807, 2.05) is 0 Å². The summed E-state index contributed by atoms with van der Waals surface area (Å²) in [5, 5.41) is 0. The number of rotatable bonds is 6. The van der Waals surface area contributed by atoms with E-state index < -0.39 is 10.0 Å². The van der Waals surface area contributed by atoms with E-state index >= 15 is 0 Å². The minimum Gasteiger partial charge on any atom is -0.493 e. The first-order valence-corrected chi connectivity index (χ1v) is 9.92. The van der Waals surface area contributed by atoms with Crippen LogP contribution in [0.4, 0.5) is 0 Å². The Balaban J connectivity index is 1.73. The summed E-state index contributed by atoms with van der Waals surface area (Å²) in [6.45, 7) is 3.72. The van der Waals surface area contributed by atoms with Crippen LogP contribution in [0, 0.1) is 6.92 Å². The number of benzene rings is 1. The fourth-order valence-electron chi connectivity index (χ4n) is 3.36. The van der Waals surface area contributed by atoms with Crippen LogP contribution in [-0.2, 0) is 10.0 Å². The molecular formula is C17H26N2O4S. The fourth-order valence-corrected chi connectivity index (χ4v) is 4.90. The number of hydrogen-bond acceptors (Lipinski definition) is 5. The summed E-state index contributed by atoms with van der Waals surface area (Å²) >= 11 is 0. The van der Waals surface area contributed by atoms with E-state index in [-0.39, 0.29) is 10.9 Å². The summed E-state index contributed by atoms with van der Waals surface area (Å²) < 4.78 is 38.9. The van der Waals surface area contributed by atoms with Gasteiger partial charge in [-0.25, -0.2) is 13.1 Å². The maximum Gasteiger partial charge on any atom is 0.241 e. The number of aryl methyl sites for hydroxylation is 1. The third-order valence-corrected chi connectivity index (χ3v) is 6.55. The number of ether oxygens (including phenoxy) is 2. The molecule has 134 valence electrons. The van der Waals surface area contributed by atoms with Crippen molar-refractivity contribution in [3.63, 3.8) is 0 Å². The van der Waals surface area contributed by atoms with Gasteiger partial charge in [0.1, 0.15) is 0 Å². The van der Waals surface area contributed by atoms with Crippen molar-refractivity contribution in [1.29, 1.82) is 0 Å². The van der Waals surface area contributed by atoms with Crippen LogP contribution < -0.4 is 14.2 Å². The standard InChI is InChI=1S/C17H26N2O4S/c1-12-10-15(22-2)16(23-3)11-17(12)24(20,21)18-13-6-8-19(9-7-13)14-4-5-14/h10-11,13-14,18H,4-9H2,1-3H3. The highest BCUT2D eigenvalue weighted by atomic mass is 32.2. The number of piperidine rings is 1. The minimum atomic E-state index is -3.57. The van der Waals surface area contributed by atoms with Crippen molar-refractivity contribution in [2.45, 2.75) is 49.6 Å². The molecule has 0 radical (unpaired) electrons. The zero-order chi connectivity index (χ0) is 17.3. The first kappa shape index (κ1) is 17.5. The van der Waals surface area contributed by atoms with E-state index in [0.29, 0.717) is 17.1 Å². The predicted octanol–water partition coefficient (Wildman–Crippen LogP) is 1.92. The largest absolute Gasteiger partial charge is 0.493 e. The molecule has 1 aromatic rings. The number of likely N-dealkylation sites (tertiary alicyclic amines) is 1. The lowest BCUT2D eigenvalue weighted by atomic mass is 10.1. The summed E-state index contributed by atoms with van der Waals surface area (Å²) in [7, 11) is -0.531. The lowest BCUT2D eigenvalue weighted by Crippen LogP contribution is -2.45. The third kappa shape index (κ3) is 3.68. The lowest BCUT2D eigenvalue weighted by Gasteiger charge is -2.32. The van der Waals surface area contributed by atoms with E-state index in [1.165, 1.54) is 33.1 Å². The summed E-state index contributed by atoms with van der Waals surface area (Å²) in [4.78, 5) is 2.73. The number of nitrogens with one attached hydrogen (secondary N) is 1. The lowest BCUT2D eigenvalue weighted by molar-refractivity contribution is 0.199. The molecule has 0 amide bonds. The molecule has 1 aliphatic heterocycles. The molecule has 1 aliphatic carbocycles. The van der Waals surface area contributed by atoms with E-state index in [1.54, 1.807) is 13.0 Å². The molecule has 2 aliphatic rings. The van der Waals surface area contributed by atoms with Crippen molar-refractivity contribution in [2.75, 3.05) is 27.3 Å². The molecule has 0 unspecified atom stereocenters. The smallest absolute Gasteiger partial charge is 0.241 e. The Morgan fingerprint density at radius 2 is 1.62 bits per heavy atom. The van der Waals surface area contributed by atoms with Crippen LogP contribution in [-0.4, -0.2) is 52.7 Å². The first-order chi connectivity index (χ1) is 11.4. The predicted molar refractivity (Wildman–Crippen MR) is 92.2 cm³/mol. The van der Waals surface area contributed by atoms with Gasteiger partial charge in [0.05, 0.1) is 19.1 Å². The van der Waals surface area contributed by atoms with Crippen LogP contribution in [0.3, 0.4) is 0 Å². The number of nitrogens with zero attached hydrogens (tertiary/aromatic N) is 1. The Kier molecular flexibility index (Phi) is 5.03. The first-order valence-electron chi connectivity index (χ1n) is 8.43. The van der Waals surface area contributed by atoms with Gasteiger partial charge >= 0.3 is 0 Å². The molecule has 1 saturated heterocycles. The molecule has 1 heterocycles. The molecule has 0 bridgehead atoms. The Labute approximate surface area is 144 Å². The molecular weight excluding hydrogens is 328 g/mol. The van der Waals surface area contributed by atoms with Crippen molar-refractivity contribution in [2.24, 2.45) is 0 Å². The van der Waals surface area contributed by atoms with Crippen LogP contribution in [0.1, 0.15) is 31.2 Å². The summed E-state index contributed by atoms with van der Waals surface area (Å²) in [5.41, 5.74) is 0.649. The van der Waals surface area contributed by atoms with Gasteiger partial charge in [-0.2, -0.15) is 0 Å². The van der Waals surface area contributed by atoms with Gasteiger partial charge in [-0.3, -0.25) is 0 Å². The van der Waals surface area contributed by atoms with Gasteiger partial charge in [-0.15, -0.1) is 0 Å². The topological polar surface area (TPSA) is 67.9 Å². The van der Waals surface area contributed by atoms with Crippen molar-refractivity contribution < 1.29 is 17.9 Å². The van der Waals surface area contributed by atoms with Crippen molar-refractivity contribution in [3.05, 3.63) is 17.7 Å². The van der Waals surface area contributed by atoms with Gasteiger partial charge < -0.3 is 14.4 Å². The van der Waals surface area contributed by atoms with Crippen molar-refractivity contribution in [1.82, 2.24) is 9.62 Å². The Morgan fingerprint density at radius 3 is 2.17 bits per heavy atom. The fraction of sp³-hybridized carbons (Fsp3) is 0.647. The summed E-state index contributed by atoms with van der Waals surface area (Å²) in [6, 6.07) is 3.98. The van der Waals surface area contributed by atoms with Gasteiger partial charge in [0.15, 0.2) is 11.5 Å². The maximum atomic E-state index is 12.8. The number of methoxy groups -OCH3 is 2. The normalized spacial score (nSPS) is 20.1. The van der Waals surface area contributed by atoms with E-state index in [4.69, 9.17) is 9.47 Å². The molecule has 24 heavy (non-hydrogen) atoms. The third-order valence-electron chi connectivity index (χ3n) is 4.89. The molecule has 0 spiro atoms. The van der Waals surface area contributed by atoms with Gasteiger partial charge in [0.25, 0.3) is 0 Å². The van der Waals surface area contributed by atoms with Gasteiger partial charge in [0, 0.05) is 18.2 Å². The van der Waals surface area contributed by atoms with Crippen molar-refractivity contribution >= 4 is 10.0 Å². The highest BCUT2D eigenvalue weighted by Gasteiger charge is 2.33. The molecule has 7 heteroatoms. The molecule has 1 aromatic carbocycles. The average molecular weight is 354 g/mol. The highest BCUT2D eigenvalue weighted by molar-refractivity contribution is 7.89. The van der Waals surface area contributed by atoms with Crippen LogP contribution in [0.25, 0.3) is 0 Å². The molecule has 3 rings (SSSR count). The Hall–Kier alpha value is -1.31. The Bertz CT molecular complexity index is 693. The SMILES string of the molecule is COc1cc(C)c(S(=O)(=O)NC2CCN(C3CC3)CC2)cc1OC. The van der Waals surface area contributed by atoms with E-state index in [2.05, 4.69) is 9.62 Å². The molecule has 0 aromatic heterocycles. The van der Waals surface area contributed by atoms with Crippen molar-refractivity contribution in [3.8, 4) is 11.5 Å². The minimum absolute atomic E-state index is 0.00232. The average Bonchev–Trinajstić information content (AvgIpc) is 3.39. The number of sulfonamides is 1. The summed E-state index contributed by atoms with van der Waals surface area (Å²) in [5.74, 6) is 0.957. The molecule has 2 fully saturated rings. The quantitative estimate of drug-likeness (QED) is 0.845. The molecule has 1 N–H and O–H groups in total. The van der Waals surface area contributed by atoms with Crippen LogP contribution in [0.15, 0.2) is 17.0 Å². The second-order valence-corrected chi connectivity index (χ2v) is 8.32. The number of hydrogen-bond donors (Lipinski definition) is 1. The van der Waals surface area contributed by atoms with Crippen LogP contribution in [0.5, 0.6) is 11.5 Å². The monoisotopic (exact) mass is 354 g/mol. The second-order valence-electron chi connectivity index (χ2n) is 6.64.